The molecule has 25 heavy (non-hydrogen) atoms. The molecule has 0 unspecified atom stereocenters. The van der Waals surface area contributed by atoms with Crippen molar-refractivity contribution < 1.29 is 13.2 Å². The van der Waals surface area contributed by atoms with Crippen molar-refractivity contribution in [2.75, 3.05) is 11.3 Å². The fourth-order valence-electron chi connectivity index (χ4n) is 2.28. The number of nitrogens with one attached hydrogen (secondary N) is 1. The van der Waals surface area contributed by atoms with E-state index in [1.165, 1.54) is 18.5 Å². The number of sulfonamides is 1. The molecule has 0 aliphatic carbocycles. The first-order valence-electron chi connectivity index (χ1n) is 7.74. The Labute approximate surface area is 146 Å². The number of anilines is 1. The van der Waals surface area contributed by atoms with Crippen LogP contribution in [0.25, 0.3) is 0 Å². The van der Waals surface area contributed by atoms with E-state index in [0.29, 0.717) is 24.6 Å². The van der Waals surface area contributed by atoms with Gasteiger partial charge in [-0.2, -0.15) is 5.10 Å². The van der Waals surface area contributed by atoms with Crippen LogP contribution in [0.15, 0.2) is 66.1 Å². The van der Waals surface area contributed by atoms with Crippen molar-refractivity contribution in [2.24, 2.45) is 0 Å². The van der Waals surface area contributed by atoms with E-state index in [2.05, 4.69) is 14.8 Å². The lowest BCUT2D eigenvalue weighted by atomic mass is 10.2. The van der Waals surface area contributed by atoms with Crippen molar-refractivity contribution >= 4 is 15.7 Å². The van der Waals surface area contributed by atoms with Crippen molar-refractivity contribution in [3.8, 4) is 5.75 Å². The Morgan fingerprint density at radius 1 is 1.08 bits per heavy atom. The van der Waals surface area contributed by atoms with Gasteiger partial charge in [0.15, 0.2) is 0 Å². The fraction of sp³-hybridized carbons (Fsp3) is 0.176. The van der Waals surface area contributed by atoms with Gasteiger partial charge in [-0.3, -0.25) is 4.72 Å². The van der Waals surface area contributed by atoms with Crippen molar-refractivity contribution in [2.45, 2.75) is 18.4 Å². The van der Waals surface area contributed by atoms with E-state index >= 15 is 0 Å². The van der Waals surface area contributed by atoms with Crippen molar-refractivity contribution in [1.29, 1.82) is 0 Å². The summed E-state index contributed by atoms with van der Waals surface area (Å²) in [5.74, 6) is 0.638. The van der Waals surface area contributed by atoms with Gasteiger partial charge in [0.1, 0.15) is 18.4 Å². The van der Waals surface area contributed by atoms with E-state index in [1.807, 2.05) is 19.1 Å². The average molecular weight is 358 g/mol. The summed E-state index contributed by atoms with van der Waals surface area (Å²) >= 11 is 0. The molecule has 1 aromatic heterocycles. The highest BCUT2D eigenvalue weighted by Gasteiger charge is 2.14. The van der Waals surface area contributed by atoms with Crippen LogP contribution in [0.5, 0.6) is 5.75 Å². The molecule has 0 saturated heterocycles. The molecule has 3 aromatic rings. The standard InChI is InChI=1S/C17H18N4O3S/c1-2-24-16-7-9-17(10-8-16)25(22,23)20-15-5-3-14(4-6-15)11-21-13-18-12-19-21/h3-10,12-13,20H,2,11H2,1H3. The largest absolute Gasteiger partial charge is 0.494 e. The van der Waals surface area contributed by atoms with Gasteiger partial charge < -0.3 is 4.74 Å². The van der Waals surface area contributed by atoms with Crippen LogP contribution in [0.2, 0.25) is 0 Å². The van der Waals surface area contributed by atoms with E-state index in [0.717, 1.165) is 5.56 Å². The quantitative estimate of drug-likeness (QED) is 0.701. The van der Waals surface area contributed by atoms with Crippen LogP contribution < -0.4 is 9.46 Å². The van der Waals surface area contributed by atoms with Gasteiger partial charge in [-0.15, -0.1) is 0 Å². The van der Waals surface area contributed by atoms with Gasteiger partial charge in [-0.1, -0.05) is 12.1 Å². The molecule has 0 aliphatic rings. The summed E-state index contributed by atoms with van der Waals surface area (Å²) in [5.41, 5.74) is 1.49. The Hall–Kier alpha value is -2.87. The number of hydrogen-bond donors (Lipinski definition) is 1. The molecule has 2 aromatic carbocycles. The molecular weight excluding hydrogens is 340 g/mol. The van der Waals surface area contributed by atoms with Crippen LogP contribution in [0.4, 0.5) is 5.69 Å². The summed E-state index contributed by atoms with van der Waals surface area (Å²) in [6, 6.07) is 13.4. The number of aromatic nitrogens is 3. The van der Waals surface area contributed by atoms with Crippen LogP contribution in [0.1, 0.15) is 12.5 Å². The third-order valence-corrected chi connectivity index (χ3v) is 4.86. The summed E-state index contributed by atoms with van der Waals surface area (Å²) in [5, 5.41) is 4.04. The Bertz CT molecular complexity index is 906. The van der Waals surface area contributed by atoms with Crippen molar-refractivity contribution in [3.63, 3.8) is 0 Å². The maximum Gasteiger partial charge on any atom is 0.261 e. The lowest BCUT2D eigenvalue weighted by molar-refractivity contribution is 0.340. The van der Waals surface area contributed by atoms with Crippen LogP contribution in [-0.2, 0) is 16.6 Å². The first kappa shape index (κ1) is 17.0. The fourth-order valence-corrected chi connectivity index (χ4v) is 3.33. The molecule has 0 fully saturated rings. The predicted molar refractivity (Wildman–Crippen MR) is 94.0 cm³/mol. The van der Waals surface area contributed by atoms with Crippen LogP contribution in [-0.4, -0.2) is 29.8 Å². The molecule has 130 valence electrons. The molecule has 0 amide bonds. The number of benzene rings is 2. The predicted octanol–water partition coefficient (Wildman–Crippen LogP) is 2.53. The summed E-state index contributed by atoms with van der Waals surface area (Å²) in [7, 11) is -3.64. The van der Waals surface area contributed by atoms with E-state index in [-0.39, 0.29) is 4.90 Å². The SMILES string of the molecule is CCOc1ccc(S(=O)(=O)Nc2ccc(Cn3cncn3)cc2)cc1. The normalized spacial score (nSPS) is 11.2. The van der Waals surface area contributed by atoms with E-state index in [4.69, 9.17) is 4.74 Å². The number of ether oxygens (including phenoxy) is 1. The van der Waals surface area contributed by atoms with E-state index in [1.54, 1.807) is 35.3 Å². The van der Waals surface area contributed by atoms with Gasteiger partial charge in [0, 0.05) is 5.69 Å². The summed E-state index contributed by atoms with van der Waals surface area (Å²) < 4.78 is 34.5. The Morgan fingerprint density at radius 3 is 2.40 bits per heavy atom. The Kier molecular flexibility index (Phi) is 4.99. The van der Waals surface area contributed by atoms with E-state index < -0.39 is 10.0 Å². The van der Waals surface area contributed by atoms with Crippen molar-refractivity contribution in [3.05, 3.63) is 66.7 Å². The van der Waals surface area contributed by atoms with Gasteiger partial charge in [-0.25, -0.2) is 18.1 Å². The molecule has 1 heterocycles. The van der Waals surface area contributed by atoms with Gasteiger partial charge in [0.25, 0.3) is 10.0 Å². The minimum atomic E-state index is -3.64. The lowest BCUT2D eigenvalue weighted by Crippen LogP contribution is -2.13. The Morgan fingerprint density at radius 2 is 1.80 bits per heavy atom. The number of rotatable bonds is 7. The zero-order chi connectivity index (χ0) is 17.7. The molecule has 0 spiro atoms. The molecule has 0 aliphatic heterocycles. The molecule has 0 radical (unpaired) electrons. The monoisotopic (exact) mass is 358 g/mol. The van der Waals surface area contributed by atoms with Crippen LogP contribution >= 0.6 is 0 Å². The van der Waals surface area contributed by atoms with Gasteiger partial charge in [0.2, 0.25) is 0 Å². The maximum absolute atomic E-state index is 12.4. The van der Waals surface area contributed by atoms with Gasteiger partial charge in [0.05, 0.1) is 18.0 Å². The molecule has 3 rings (SSSR count). The first-order chi connectivity index (χ1) is 12.1. The average Bonchev–Trinajstić information content (AvgIpc) is 3.10. The second-order valence-corrected chi connectivity index (χ2v) is 6.98. The lowest BCUT2D eigenvalue weighted by Gasteiger charge is -2.10. The van der Waals surface area contributed by atoms with Crippen LogP contribution in [0.3, 0.4) is 0 Å². The molecule has 0 saturated carbocycles. The first-order valence-corrected chi connectivity index (χ1v) is 9.22. The topological polar surface area (TPSA) is 86.1 Å². The van der Waals surface area contributed by atoms with Crippen molar-refractivity contribution in [1.82, 2.24) is 14.8 Å². The second-order valence-electron chi connectivity index (χ2n) is 5.30. The highest BCUT2D eigenvalue weighted by Crippen LogP contribution is 2.19. The zero-order valence-electron chi connectivity index (χ0n) is 13.7. The maximum atomic E-state index is 12.4. The van der Waals surface area contributed by atoms with Gasteiger partial charge >= 0.3 is 0 Å². The minimum Gasteiger partial charge on any atom is -0.494 e. The Balaban J connectivity index is 1.69. The third-order valence-electron chi connectivity index (χ3n) is 3.46. The zero-order valence-corrected chi connectivity index (χ0v) is 14.5. The smallest absolute Gasteiger partial charge is 0.261 e. The number of nitrogens with zero attached hydrogens (tertiary/aromatic N) is 3. The molecule has 0 atom stereocenters. The summed E-state index contributed by atoms with van der Waals surface area (Å²) in [6.45, 7) is 2.98. The molecule has 0 bridgehead atoms. The summed E-state index contributed by atoms with van der Waals surface area (Å²) in [6.07, 6.45) is 3.10. The third kappa shape index (κ3) is 4.36. The highest BCUT2D eigenvalue weighted by atomic mass is 32.2. The minimum absolute atomic E-state index is 0.183. The van der Waals surface area contributed by atoms with E-state index in [9.17, 15) is 8.42 Å². The van der Waals surface area contributed by atoms with Crippen LogP contribution in [0, 0.1) is 0 Å². The summed E-state index contributed by atoms with van der Waals surface area (Å²) in [4.78, 5) is 4.07. The highest BCUT2D eigenvalue weighted by molar-refractivity contribution is 7.92. The number of hydrogen-bond acceptors (Lipinski definition) is 5. The second kappa shape index (κ2) is 7.35. The molecule has 7 nitrogen and oxygen atoms in total. The van der Waals surface area contributed by atoms with Gasteiger partial charge in [-0.05, 0) is 48.9 Å². The molecule has 8 heteroatoms. The molecular formula is C17H18N4O3S. The molecule has 1 N–H and O–H groups in total.